The number of hydrogen-bond acceptors (Lipinski definition) is 3. The van der Waals surface area contributed by atoms with Crippen molar-refractivity contribution in [3.8, 4) is 0 Å². The van der Waals surface area contributed by atoms with E-state index in [1.54, 1.807) is 0 Å². The maximum atomic E-state index is 11.4. The van der Waals surface area contributed by atoms with Crippen LogP contribution in [0.4, 0.5) is 13.2 Å². The molecule has 0 radical (unpaired) electrons. The summed E-state index contributed by atoms with van der Waals surface area (Å²) in [6, 6.07) is 0. The molecule has 2 N–H and O–H groups in total. The SMILES string of the molecule is C=C(OB(O)O)C(F)(F)F.[H-].[K+]. The summed E-state index contributed by atoms with van der Waals surface area (Å²) in [4.78, 5) is 0. The van der Waals surface area contributed by atoms with Gasteiger partial charge in [0.1, 0.15) is 0 Å². The largest absolute Gasteiger partial charge is 1.00 e. The summed E-state index contributed by atoms with van der Waals surface area (Å²) in [5.41, 5.74) is 0. The van der Waals surface area contributed by atoms with Gasteiger partial charge in [0.25, 0.3) is 0 Å². The maximum absolute atomic E-state index is 11.4. The smallest absolute Gasteiger partial charge is 1.00 e. The molecular weight excluding hydrogens is 191 g/mol. The number of hydrogen-bond donors (Lipinski definition) is 2. The van der Waals surface area contributed by atoms with Gasteiger partial charge in [-0.1, -0.05) is 6.58 Å². The molecule has 0 rings (SSSR count). The zero-order chi connectivity index (χ0) is 8.36. The maximum Gasteiger partial charge on any atom is 1.00 e. The van der Waals surface area contributed by atoms with Gasteiger partial charge in [0.05, 0.1) is 0 Å². The van der Waals surface area contributed by atoms with Gasteiger partial charge in [-0.05, 0) is 0 Å². The fourth-order valence-electron chi connectivity index (χ4n) is 0.194. The molecule has 0 aromatic rings. The first-order valence-electron chi connectivity index (χ1n) is 2.13. The third-order valence-corrected chi connectivity index (χ3v) is 0.564. The third kappa shape index (κ3) is 7.32. The first-order chi connectivity index (χ1) is 4.34. The quantitative estimate of drug-likeness (QED) is 0.369. The molecule has 0 aliphatic heterocycles. The van der Waals surface area contributed by atoms with Crippen LogP contribution in [0.25, 0.3) is 0 Å². The summed E-state index contributed by atoms with van der Waals surface area (Å²) in [6.45, 7) is 2.40. The summed E-state index contributed by atoms with van der Waals surface area (Å²) in [5, 5.41) is 15.7. The Hall–Kier alpha value is 0.951. The molecule has 0 spiro atoms. The first kappa shape index (κ1) is 14.5. The minimum absolute atomic E-state index is 0. The molecular formula is C3H5BF3KO3. The Balaban J connectivity index is -0.000000405. The number of halogens is 3. The van der Waals surface area contributed by atoms with Crippen molar-refractivity contribution in [1.29, 1.82) is 0 Å². The van der Waals surface area contributed by atoms with E-state index in [1.165, 1.54) is 0 Å². The van der Waals surface area contributed by atoms with Gasteiger partial charge in [-0.3, -0.25) is 0 Å². The molecule has 8 heteroatoms. The van der Waals surface area contributed by atoms with Crippen molar-refractivity contribution in [3.63, 3.8) is 0 Å². The second-order valence-electron chi connectivity index (χ2n) is 1.37. The Bertz CT molecular complexity index is 141. The topological polar surface area (TPSA) is 49.7 Å². The van der Waals surface area contributed by atoms with Crippen LogP contribution in [0.1, 0.15) is 1.43 Å². The average molecular weight is 196 g/mol. The van der Waals surface area contributed by atoms with Crippen molar-refractivity contribution < 1.29 is 80.7 Å². The van der Waals surface area contributed by atoms with Crippen molar-refractivity contribution in [3.05, 3.63) is 12.3 Å². The zero-order valence-corrected chi connectivity index (χ0v) is 8.84. The standard InChI is InChI=1S/C3H4BF3O3.K.H/c1-2(3(5,6)7)10-4(8)9;;/h8-9H,1H2;;/q;+1;-1. The predicted molar refractivity (Wildman–Crippen MR) is 27.6 cm³/mol. The Kier molecular flexibility index (Phi) is 7.33. The summed E-state index contributed by atoms with van der Waals surface area (Å²) in [6.07, 6.45) is -4.75. The van der Waals surface area contributed by atoms with Gasteiger partial charge in [-0.25, -0.2) is 0 Å². The summed E-state index contributed by atoms with van der Waals surface area (Å²) < 4.78 is 37.5. The molecule has 0 amide bonds. The minimum atomic E-state index is -4.75. The molecule has 0 unspecified atom stereocenters. The molecule has 0 fully saturated rings. The van der Waals surface area contributed by atoms with Crippen LogP contribution >= 0.6 is 0 Å². The fourth-order valence-corrected chi connectivity index (χ4v) is 0.194. The van der Waals surface area contributed by atoms with E-state index >= 15 is 0 Å². The molecule has 0 saturated heterocycles. The molecule has 0 aliphatic carbocycles. The van der Waals surface area contributed by atoms with Crippen LogP contribution in [0.5, 0.6) is 0 Å². The van der Waals surface area contributed by atoms with Gasteiger partial charge in [-0.2, -0.15) is 13.2 Å². The molecule has 60 valence electrons. The van der Waals surface area contributed by atoms with E-state index in [1.807, 2.05) is 0 Å². The molecule has 11 heavy (non-hydrogen) atoms. The molecule has 0 aromatic heterocycles. The fraction of sp³-hybridized carbons (Fsp3) is 0.333. The molecule has 0 aliphatic rings. The molecule has 0 saturated carbocycles. The van der Waals surface area contributed by atoms with Crippen molar-refractivity contribution >= 4 is 7.32 Å². The summed E-state index contributed by atoms with van der Waals surface area (Å²) >= 11 is 0. The second-order valence-corrected chi connectivity index (χ2v) is 1.37. The van der Waals surface area contributed by atoms with Gasteiger partial charge in [0.15, 0.2) is 5.76 Å². The second kappa shape index (κ2) is 5.57. The monoisotopic (exact) mass is 196 g/mol. The van der Waals surface area contributed by atoms with Crippen LogP contribution in [-0.4, -0.2) is 23.5 Å². The average Bonchev–Trinajstić information content (AvgIpc) is 1.60. The van der Waals surface area contributed by atoms with Crippen LogP contribution in [0.15, 0.2) is 12.3 Å². The van der Waals surface area contributed by atoms with E-state index in [9.17, 15) is 13.2 Å². The van der Waals surface area contributed by atoms with E-state index in [-0.39, 0.29) is 52.8 Å². The van der Waals surface area contributed by atoms with Gasteiger partial charge < -0.3 is 16.1 Å². The molecule has 0 atom stereocenters. The van der Waals surface area contributed by atoms with Gasteiger partial charge in [-0.15, -0.1) is 0 Å². The Morgan fingerprint density at radius 3 is 1.91 bits per heavy atom. The zero-order valence-electron chi connectivity index (χ0n) is 6.72. The number of allylic oxidation sites excluding steroid dienone is 1. The number of rotatable bonds is 2. The Morgan fingerprint density at radius 1 is 1.45 bits per heavy atom. The van der Waals surface area contributed by atoms with E-state index in [0.29, 0.717) is 0 Å². The van der Waals surface area contributed by atoms with Crippen molar-refractivity contribution in [2.24, 2.45) is 0 Å². The Labute approximate surface area is 105 Å². The van der Waals surface area contributed by atoms with Crippen LogP contribution in [0.2, 0.25) is 0 Å². The van der Waals surface area contributed by atoms with E-state index < -0.39 is 19.3 Å². The van der Waals surface area contributed by atoms with Crippen LogP contribution < -0.4 is 51.4 Å². The minimum Gasteiger partial charge on any atom is -1.00 e. The van der Waals surface area contributed by atoms with Gasteiger partial charge in [0, 0.05) is 0 Å². The molecule has 0 heterocycles. The third-order valence-electron chi connectivity index (χ3n) is 0.564. The van der Waals surface area contributed by atoms with Gasteiger partial charge in [0.2, 0.25) is 0 Å². The van der Waals surface area contributed by atoms with E-state index in [0.717, 1.165) is 0 Å². The van der Waals surface area contributed by atoms with Crippen LogP contribution in [0, 0.1) is 0 Å². The van der Waals surface area contributed by atoms with Crippen molar-refractivity contribution in [2.45, 2.75) is 6.18 Å². The molecule has 0 bridgehead atoms. The van der Waals surface area contributed by atoms with Crippen LogP contribution in [-0.2, 0) is 4.65 Å². The summed E-state index contributed by atoms with van der Waals surface area (Å²) in [5.74, 6) is -1.64. The molecule has 0 aromatic carbocycles. The van der Waals surface area contributed by atoms with Crippen molar-refractivity contribution in [1.82, 2.24) is 0 Å². The normalized spacial score (nSPS) is 9.91. The van der Waals surface area contributed by atoms with E-state index in [4.69, 9.17) is 10.0 Å². The summed E-state index contributed by atoms with van der Waals surface area (Å²) in [7, 11) is -2.48. The van der Waals surface area contributed by atoms with Crippen molar-refractivity contribution in [2.75, 3.05) is 0 Å². The van der Waals surface area contributed by atoms with E-state index in [2.05, 4.69) is 11.2 Å². The van der Waals surface area contributed by atoms with Crippen LogP contribution in [0.3, 0.4) is 0 Å². The Morgan fingerprint density at radius 2 is 1.82 bits per heavy atom. The number of alkyl halides is 3. The first-order valence-corrected chi connectivity index (χ1v) is 2.13. The predicted octanol–water partition coefficient (Wildman–Crippen LogP) is -2.83. The van der Waals surface area contributed by atoms with Gasteiger partial charge >= 0.3 is 64.9 Å². The molecule has 3 nitrogen and oxygen atoms in total.